The van der Waals surface area contributed by atoms with Gasteiger partial charge in [0.1, 0.15) is 0 Å². The Bertz CT molecular complexity index is 241. The summed E-state index contributed by atoms with van der Waals surface area (Å²) in [6.07, 6.45) is 6.77. The smallest absolute Gasteiger partial charge is 0.0593 e. The standard InChI is InChI=1S/C16H32N2O/c1-14(2)7-10-19-11-9-18-8-3-4-15(13-18)12-17-16-5-6-16/h14-17H,3-13H2,1-2H3. The van der Waals surface area contributed by atoms with Gasteiger partial charge in [-0.3, -0.25) is 0 Å². The van der Waals surface area contributed by atoms with Crippen LogP contribution in [0.5, 0.6) is 0 Å². The Morgan fingerprint density at radius 3 is 2.79 bits per heavy atom. The molecular weight excluding hydrogens is 236 g/mol. The van der Waals surface area contributed by atoms with Crippen LogP contribution in [0.25, 0.3) is 0 Å². The Hall–Kier alpha value is -0.120. The maximum atomic E-state index is 5.73. The summed E-state index contributed by atoms with van der Waals surface area (Å²) in [5.41, 5.74) is 0. The number of nitrogens with zero attached hydrogens (tertiary/aromatic N) is 1. The average molecular weight is 268 g/mol. The third kappa shape index (κ3) is 6.73. The van der Waals surface area contributed by atoms with Gasteiger partial charge in [0.2, 0.25) is 0 Å². The van der Waals surface area contributed by atoms with E-state index < -0.39 is 0 Å². The second-order valence-corrected chi connectivity index (χ2v) is 6.79. The van der Waals surface area contributed by atoms with Gasteiger partial charge >= 0.3 is 0 Å². The highest BCUT2D eigenvalue weighted by atomic mass is 16.5. The highest BCUT2D eigenvalue weighted by molar-refractivity contribution is 4.83. The van der Waals surface area contributed by atoms with Gasteiger partial charge in [-0.05, 0) is 57.0 Å². The Kier molecular flexibility index (Phi) is 6.62. The molecule has 3 nitrogen and oxygen atoms in total. The average Bonchev–Trinajstić information content (AvgIpc) is 3.20. The largest absolute Gasteiger partial charge is 0.380 e. The van der Waals surface area contributed by atoms with Crippen molar-refractivity contribution in [1.29, 1.82) is 0 Å². The first-order valence-electron chi connectivity index (χ1n) is 8.27. The van der Waals surface area contributed by atoms with Crippen LogP contribution in [0.2, 0.25) is 0 Å². The molecule has 1 saturated carbocycles. The minimum Gasteiger partial charge on any atom is -0.380 e. The number of hydrogen-bond acceptors (Lipinski definition) is 3. The summed E-state index contributed by atoms with van der Waals surface area (Å²) in [5, 5.41) is 3.68. The van der Waals surface area contributed by atoms with E-state index in [1.807, 2.05) is 0 Å². The van der Waals surface area contributed by atoms with Gasteiger partial charge in [0, 0.05) is 25.7 Å². The molecule has 0 spiro atoms. The lowest BCUT2D eigenvalue weighted by atomic mass is 9.98. The van der Waals surface area contributed by atoms with Crippen molar-refractivity contribution in [3.8, 4) is 0 Å². The van der Waals surface area contributed by atoms with E-state index in [2.05, 4.69) is 24.1 Å². The van der Waals surface area contributed by atoms with Crippen LogP contribution < -0.4 is 5.32 Å². The zero-order chi connectivity index (χ0) is 13.5. The minimum absolute atomic E-state index is 0.757. The summed E-state index contributed by atoms with van der Waals surface area (Å²) < 4.78 is 5.73. The molecule has 19 heavy (non-hydrogen) atoms. The first-order valence-corrected chi connectivity index (χ1v) is 8.27. The highest BCUT2D eigenvalue weighted by Crippen LogP contribution is 2.21. The molecule has 0 aromatic carbocycles. The van der Waals surface area contributed by atoms with Gasteiger partial charge in [-0.25, -0.2) is 0 Å². The lowest BCUT2D eigenvalue weighted by Crippen LogP contribution is -2.41. The number of nitrogens with one attached hydrogen (secondary N) is 1. The lowest BCUT2D eigenvalue weighted by Gasteiger charge is -2.32. The molecular formula is C16H32N2O. The quantitative estimate of drug-likeness (QED) is 0.650. The van der Waals surface area contributed by atoms with Crippen LogP contribution in [-0.2, 0) is 4.74 Å². The van der Waals surface area contributed by atoms with E-state index in [1.165, 1.54) is 51.7 Å². The van der Waals surface area contributed by atoms with Gasteiger partial charge in [0.05, 0.1) is 6.61 Å². The van der Waals surface area contributed by atoms with Crippen molar-refractivity contribution in [2.45, 2.75) is 52.0 Å². The van der Waals surface area contributed by atoms with Gasteiger partial charge in [0.25, 0.3) is 0 Å². The van der Waals surface area contributed by atoms with Crippen LogP contribution in [-0.4, -0.2) is 50.3 Å². The van der Waals surface area contributed by atoms with Crippen molar-refractivity contribution in [2.24, 2.45) is 11.8 Å². The first-order chi connectivity index (χ1) is 9.24. The van der Waals surface area contributed by atoms with E-state index in [-0.39, 0.29) is 0 Å². The molecule has 0 aromatic rings. The third-order valence-electron chi connectivity index (χ3n) is 4.27. The fourth-order valence-electron chi connectivity index (χ4n) is 2.76. The summed E-state index contributed by atoms with van der Waals surface area (Å²) in [6, 6.07) is 0.856. The Morgan fingerprint density at radius 1 is 1.21 bits per heavy atom. The van der Waals surface area contributed by atoms with Crippen molar-refractivity contribution < 1.29 is 4.74 Å². The van der Waals surface area contributed by atoms with E-state index in [0.29, 0.717) is 0 Å². The number of piperidine rings is 1. The van der Waals surface area contributed by atoms with Crippen LogP contribution in [0.1, 0.15) is 46.0 Å². The van der Waals surface area contributed by atoms with Gasteiger partial charge in [-0.15, -0.1) is 0 Å². The molecule has 1 aliphatic carbocycles. The number of likely N-dealkylation sites (tertiary alicyclic amines) is 1. The molecule has 1 atom stereocenters. The molecule has 2 aliphatic rings. The maximum Gasteiger partial charge on any atom is 0.0593 e. The second-order valence-electron chi connectivity index (χ2n) is 6.79. The molecule has 1 aliphatic heterocycles. The lowest BCUT2D eigenvalue weighted by molar-refractivity contribution is 0.0792. The molecule has 0 amide bonds. The number of rotatable bonds is 9. The Balaban J connectivity index is 1.50. The first kappa shape index (κ1) is 15.3. The molecule has 3 heteroatoms. The summed E-state index contributed by atoms with van der Waals surface area (Å²) >= 11 is 0. The van der Waals surface area contributed by atoms with Crippen LogP contribution in [0.15, 0.2) is 0 Å². The molecule has 112 valence electrons. The Labute approximate surface area is 119 Å². The SMILES string of the molecule is CC(C)CCOCCN1CCCC(CNC2CC2)C1. The summed E-state index contributed by atoms with van der Waals surface area (Å²) in [6.45, 7) is 11.2. The zero-order valence-corrected chi connectivity index (χ0v) is 12.9. The molecule has 1 saturated heterocycles. The van der Waals surface area contributed by atoms with Crippen molar-refractivity contribution >= 4 is 0 Å². The number of hydrogen-bond donors (Lipinski definition) is 1. The van der Waals surface area contributed by atoms with E-state index >= 15 is 0 Å². The van der Waals surface area contributed by atoms with Crippen LogP contribution in [0, 0.1) is 11.8 Å². The molecule has 2 fully saturated rings. The summed E-state index contributed by atoms with van der Waals surface area (Å²) in [5.74, 6) is 1.62. The van der Waals surface area contributed by atoms with E-state index in [1.54, 1.807) is 0 Å². The third-order valence-corrected chi connectivity index (χ3v) is 4.27. The van der Waals surface area contributed by atoms with Gasteiger partial charge in [-0.1, -0.05) is 13.8 Å². The maximum absolute atomic E-state index is 5.73. The van der Waals surface area contributed by atoms with E-state index in [0.717, 1.165) is 37.6 Å². The van der Waals surface area contributed by atoms with Crippen LogP contribution >= 0.6 is 0 Å². The summed E-state index contributed by atoms with van der Waals surface area (Å²) in [4.78, 5) is 2.60. The van der Waals surface area contributed by atoms with Crippen molar-refractivity contribution in [2.75, 3.05) is 39.4 Å². The van der Waals surface area contributed by atoms with Gasteiger partial charge in [-0.2, -0.15) is 0 Å². The predicted molar refractivity (Wildman–Crippen MR) is 80.5 cm³/mol. The Morgan fingerprint density at radius 2 is 2.05 bits per heavy atom. The molecule has 1 N–H and O–H groups in total. The second kappa shape index (κ2) is 8.23. The monoisotopic (exact) mass is 268 g/mol. The molecule has 0 radical (unpaired) electrons. The molecule has 2 rings (SSSR count). The van der Waals surface area contributed by atoms with Crippen LogP contribution in [0.3, 0.4) is 0 Å². The molecule has 0 aromatic heterocycles. The zero-order valence-electron chi connectivity index (χ0n) is 12.9. The van der Waals surface area contributed by atoms with E-state index in [9.17, 15) is 0 Å². The normalized spacial score (nSPS) is 25.1. The highest BCUT2D eigenvalue weighted by Gasteiger charge is 2.24. The molecule has 1 unspecified atom stereocenters. The van der Waals surface area contributed by atoms with E-state index in [4.69, 9.17) is 4.74 Å². The van der Waals surface area contributed by atoms with Gasteiger partial charge < -0.3 is 15.0 Å². The van der Waals surface area contributed by atoms with Gasteiger partial charge in [0.15, 0.2) is 0 Å². The van der Waals surface area contributed by atoms with Crippen LogP contribution in [0.4, 0.5) is 0 Å². The van der Waals surface area contributed by atoms with Crippen molar-refractivity contribution in [3.05, 3.63) is 0 Å². The molecule has 1 heterocycles. The predicted octanol–water partition coefficient (Wildman–Crippen LogP) is 2.51. The fraction of sp³-hybridized carbons (Fsp3) is 1.00. The summed E-state index contributed by atoms with van der Waals surface area (Å²) in [7, 11) is 0. The topological polar surface area (TPSA) is 24.5 Å². The van der Waals surface area contributed by atoms with Crippen molar-refractivity contribution in [3.63, 3.8) is 0 Å². The molecule has 0 bridgehead atoms. The minimum atomic E-state index is 0.757. The number of ether oxygens (including phenoxy) is 1. The van der Waals surface area contributed by atoms with Crippen molar-refractivity contribution in [1.82, 2.24) is 10.2 Å². The fourth-order valence-corrected chi connectivity index (χ4v) is 2.76.